The standard InChI is InChI=1S/C15H20F2N2O/c16-13-5-6-14(17)12(9-13)10-18-11-15(20)19-7-3-1-2-4-8-19/h5-6,9,18H,1-4,7-8,10-11H2. The molecule has 0 unspecified atom stereocenters. The molecular formula is C15H20F2N2O. The van der Waals surface area contributed by atoms with Crippen molar-refractivity contribution in [3.63, 3.8) is 0 Å². The highest BCUT2D eigenvalue weighted by Crippen LogP contribution is 2.10. The lowest BCUT2D eigenvalue weighted by atomic mass is 10.2. The molecule has 0 saturated carbocycles. The maximum atomic E-state index is 13.4. The van der Waals surface area contributed by atoms with Crippen molar-refractivity contribution in [2.24, 2.45) is 0 Å². The van der Waals surface area contributed by atoms with E-state index in [-0.39, 0.29) is 24.6 Å². The van der Waals surface area contributed by atoms with Gasteiger partial charge in [0, 0.05) is 25.2 Å². The third-order valence-electron chi connectivity index (χ3n) is 3.56. The Bertz CT molecular complexity index is 457. The zero-order chi connectivity index (χ0) is 14.4. The Labute approximate surface area is 118 Å². The van der Waals surface area contributed by atoms with E-state index in [0.717, 1.165) is 44.1 Å². The molecule has 1 aromatic carbocycles. The molecule has 0 aliphatic carbocycles. The lowest BCUT2D eigenvalue weighted by molar-refractivity contribution is -0.130. The van der Waals surface area contributed by atoms with Gasteiger partial charge >= 0.3 is 0 Å². The van der Waals surface area contributed by atoms with Crippen molar-refractivity contribution in [1.82, 2.24) is 10.2 Å². The van der Waals surface area contributed by atoms with Crippen molar-refractivity contribution in [3.8, 4) is 0 Å². The first-order valence-corrected chi connectivity index (χ1v) is 7.09. The number of nitrogens with one attached hydrogen (secondary N) is 1. The lowest BCUT2D eigenvalue weighted by Gasteiger charge is -2.20. The molecule has 1 N–H and O–H groups in total. The lowest BCUT2D eigenvalue weighted by Crippen LogP contribution is -2.38. The number of likely N-dealkylation sites (tertiary alicyclic amines) is 1. The zero-order valence-electron chi connectivity index (χ0n) is 11.5. The summed E-state index contributed by atoms with van der Waals surface area (Å²) >= 11 is 0. The summed E-state index contributed by atoms with van der Waals surface area (Å²) in [5, 5.41) is 2.89. The summed E-state index contributed by atoms with van der Waals surface area (Å²) < 4.78 is 26.4. The average molecular weight is 282 g/mol. The van der Waals surface area contributed by atoms with Crippen molar-refractivity contribution in [2.45, 2.75) is 32.2 Å². The number of amides is 1. The Morgan fingerprint density at radius 2 is 1.85 bits per heavy atom. The van der Waals surface area contributed by atoms with E-state index in [1.54, 1.807) is 0 Å². The fourth-order valence-electron chi connectivity index (χ4n) is 2.41. The third kappa shape index (κ3) is 4.27. The number of hydrogen-bond acceptors (Lipinski definition) is 2. The van der Waals surface area contributed by atoms with Crippen LogP contribution in [-0.4, -0.2) is 30.4 Å². The third-order valence-corrected chi connectivity index (χ3v) is 3.56. The van der Waals surface area contributed by atoms with E-state index in [1.807, 2.05) is 4.90 Å². The number of benzene rings is 1. The second-order valence-electron chi connectivity index (χ2n) is 5.13. The topological polar surface area (TPSA) is 32.3 Å². The quantitative estimate of drug-likeness (QED) is 0.920. The van der Waals surface area contributed by atoms with Crippen molar-refractivity contribution >= 4 is 5.91 Å². The summed E-state index contributed by atoms with van der Waals surface area (Å²) in [6.07, 6.45) is 4.44. The Morgan fingerprint density at radius 1 is 1.15 bits per heavy atom. The summed E-state index contributed by atoms with van der Waals surface area (Å²) in [5.41, 5.74) is 0.244. The van der Waals surface area contributed by atoms with Crippen LogP contribution >= 0.6 is 0 Å². The second kappa shape index (κ2) is 7.33. The van der Waals surface area contributed by atoms with E-state index in [9.17, 15) is 13.6 Å². The highest BCUT2D eigenvalue weighted by Gasteiger charge is 2.15. The van der Waals surface area contributed by atoms with Gasteiger partial charge in [0.05, 0.1) is 6.54 Å². The van der Waals surface area contributed by atoms with Gasteiger partial charge in [0.2, 0.25) is 5.91 Å². The van der Waals surface area contributed by atoms with E-state index < -0.39 is 11.6 Å². The molecule has 0 bridgehead atoms. The number of nitrogens with zero attached hydrogens (tertiary/aromatic N) is 1. The SMILES string of the molecule is O=C(CNCc1cc(F)ccc1F)N1CCCCCC1. The van der Waals surface area contributed by atoms with Crippen LogP contribution in [-0.2, 0) is 11.3 Å². The van der Waals surface area contributed by atoms with Crippen LogP contribution in [0, 0.1) is 11.6 Å². The minimum absolute atomic E-state index is 0.0312. The molecule has 0 radical (unpaired) electrons. The van der Waals surface area contributed by atoms with E-state index in [0.29, 0.717) is 0 Å². The first-order chi connectivity index (χ1) is 9.66. The predicted molar refractivity (Wildman–Crippen MR) is 73.1 cm³/mol. The molecule has 0 spiro atoms. The van der Waals surface area contributed by atoms with Crippen LogP contribution in [0.1, 0.15) is 31.2 Å². The monoisotopic (exact) mass is 282 g/mol. The van der Waals surface area contributed by atoms with E-state index >= 15 is 0 Å². The maximum Gasteiger partial charge on any atom is 0.236 e. The highest BCUT2D eigenvalue weighted by atomic mass is 19.1. The number of halogens is 2. The molecule has 1 amide bonds. The molecular weight excluding hydrogens is 262 g/mol. The molecule has 0 aromatic heterocycles. The summed E-state index contributed by atoms with van der Waals surface area (Å²) in [6.45, 7) is 1.92. The average Bonchev–Trinajstić information content (AvgIpc) is 2.71. The second-order valence-corrected chi connectivity index (χ2v) is 5.13. The molecule has 1 saturated heterocycles. The Morgan fingerprint density at radius 3 is 2.55 bits per heavy atom. The molecule has 3 nitrogen and oxygen atoms in total. The normalized spacial score (nSPS) is 16.0. The van der Waals surface area contributed by atoms with Crippen LogP contribution in [0.2, 0.25) is 0 Å². The molecule has 1 fully saturated rings. The van der Waals surface area contributed by atoms with Crippen LogP contribution in [0.4, 0.5) is 8.78 Å². The maximum absolute atomic E-state index is 13.4. The minimum Gasteiger partial charge on any atom is -0.342 e. The van der Waals surface area contributed by atoms with Crippen molar-refractivity contribution in [2.75, 3.05) is 19.6 Å². The fraction of sp³-hybridized carbons (Fsp3) is 0.533. The molecule has 1 heterocycles. The van der Waals surface area contributed by atoms with Gasteiger partial charge in [0.25, 0.3) is 0 Å². The van der Waals surface area contributed by atoms with Gasteiger partial charge in [-0.2, -0.15) is 0 Å². The van der Waals surface area contributed by atoms with Crippen LogP contribution < -0.4 is 5.32 Å². The molecule has 1 aliphatic rings. The summed E-state index contributed by atoms with van der Waals surface area (Å²) in [6, 6.07) is 3.34. The molecule has 5 heteroatoms. The summed E-state index contributed by atoms with van der Waals surface area (Å²) in [5.74, 6) is -0.896. The van der Waals surface area contributed by atoms with E-state index in [1.165, 1.54) is 12.8 Å². The Hall–Kier alpha value is -1.49. The molecule has 1 aromatic rings. The van der Waals surface area contributed by atoms with Crippen LogP contribution in [0.5, 0.6) is 0 Å². The number of hydrogen-bond donors (Lipinski definition) is 1. The number of carbonyl (C=O) groups excluding carboxylic acids is 1. The van der Waals surface area contributed by atoms with Gasteiger partial charge in [-0.15, -0.1) is 0 Å². The minimum atomic E-state index is -0.470. The molecule has 0 atom stereocenters. The van der Waals surface area contributed by atoms with Gasteiger partial charge in [-0.3, -0.25) is 4.79 Å². The first kappa shape index (κ1) is 14.9. The van der Waals surface area contributed by atoms with Gasteiger partial charge in [-0.05, 0) is 31.0 Å². The summed E-state index contributed by atoms with van der Waals surface area (Å²) in [4.78, 5) is 13.8. The molecule has 110 valence electrons. The van der Waals surface area contributed by atoms with Crippen molar-refractivity contribution < 1.29 is 13.6 Å². The van der Waals surface area contributed by atoms with Crippen LogP contribution in [0.15, 0.2) is 18.2 Å². The first-order valence-electron chi connectivity index (χ1n) is 7.09. The summed E-state index contributed by atoms with van der Waals surface area (Å²) in [7, 11) is 0. The number of carbonyl (C=O) groups is 1. The van der Waals surface area contributed by atoms with Crippen LogP contribution in [0.3, 0.4) is 0 Å². The van der Waals surface area contributed by atoms with Crippen molar-refractivity contribution in [3.05, 3.63) is 35.4 Å². The smallest absolute Gasteiger partial charge is 0.236 e. The molecule has 20 heavy (non-hydrogen) atoms. The predicted octanol–water partition coefficient (Wildman–Crippen LogP) is 2.46. The van der Waals surface area contributed by atoms with E-state index in [2.05, 4.69) is 5.32 Å². The Kier molecular flexibility index (Phi) is 5.47. The Balaban J connectivity index is 1.80. The van der Waals surface area contributed by atoms with Gasteiger partial charge in [-0.1, -0.05) is 12.8 Å². The zero-order valence-corrected chi connectivity index (χ0v) is 11.5. The van der Waals surface area contributed by atoms with Gasteiger partial charge in [-0.25, -0.2) is 8.78 Å². The van der Waals surface area contributed by atoms with E-state index in [4.69, 9.17) is 0 Å². The number of rotatable bonds is 4. The van der Waals surface area contributed by atoms with Gasteiger partial charge in [0.1, 0.15) is 11.6 Å². The fourth-order valence-corrected chi connectivity index (χ4v) is 2.41. The highest BCUT2D eigenvalue weighted by molar-refractivity contribution is 5.78. The molecule has 2 rings (SSSR count). The van der Waals surface area contributed by atoms with Gasteiger partial charge < -0.3 is 10.2 Å². The largest absolute Gasteiger partial charge is 0.342 e. The van der Waals surface area contributed by atoms with Crippen LogP contribution in [0.25, 0.3) is 0 Å². The molecule has 1 aliphatic heterocycles. The van der Waals surface area contributed by atoms with Gasteiger partial charge in [0.15, 0.2) is 0 Å². The van der Waals surface area contributed by atoms with Crippen molar-refractivity contribution in [1.29, 1.82) is 0 Å².